The smallest absolute Gasteiger partial charge is 0.241 e. The van der Waals surface area contributed by atoms with Crippen molar-refractivity contribution in [3.63, 3.8) is 0 Å². The molecule has 1 atom stereocenters. The number of rotatable bonds is 3. The van der Waals surface area contributed by atoms with Gasteiger partial charge in [-0.2, -0.15) is 0 Å². The van der Waals surface area contributed by atoms with E-state index in [0.717, 1.165) is 12.8 Å². The van der Waals surface area contributed by atoms with Gasteiger partial charge < -0.3 is 15.7 Å². The molecule has 0 bridgehead atoms. The maximum atomic E-state index is 11.3. The molecule has 12 heavy (non-hydrogen) atoms. The molecule has 0 aromatic heterocycles. The van der Waals surface area contributed by atoms with Gasteiger partial charge in [0.15, 0.2) is 0 Å². The van der Waals surface area contributed by atoms with Crippen LogP contribution in [-0.2, 0) is 4.79 Å². The molecule has 1 unspecified atom stereocenters. The number of nitrogens with zero attached hydrogens (tertiary/aromatic N) is 1. The van der Waals surface area contributed by atoms with Gasteiger partial charge in [0.2, 0.25) is 5.91 Å². The van der Waals surface area contributed by atoms with Crippen LogP contribution >= 0.6 is 0 Å². The Balaban J connectivity index is 2.39. The summed E-state index contributed by atoms with van der Waals surface area (Å²) in [5.74, 6) is -0.151. The van der Waals surface area contributed by atoms with E-state index < -0.39 is 6.04 Å². The van der Waals surface area contributed by atoms with E-state index in [1.165, 1.54) is 6.42 Å². The van der Waals surface area contributed by atoms with Gasteiger partial charge in [-0.25, -0.2) is 0 Å². The lowest BCUT2D eigenvalue weighted by Gasteiger charge is -2.35. The highest BCUT2D eigenvalue weighted by Gasteiger charge is 2.27. The van der Waals surface area contributed by atoms with E-state index in [1.807, 2.05) is 0 Å². The first-order valence-corrected chi connectivity index (χ1v) is 4.30. The summed E-state index contributed by atoms with van der Waals surface area (Å²) in [5, 5.41) is 8.65. The monoisotopic (exact) mass is 172 g/mol. The molecule has 1 rings (SSSR count). The third-order valence-corrected chi connectivity index (χ3v) is 2.48. The number of carbonyl (C=O) groups excluding carboxylic acids is 1. The molecule has 70 valence electrons. The van der Waals surface area contributed by atoms with Crippen LogP contribution in [0.2, 0.25) is 0 Å². The normalized spacial score (nSPS) is 19.9. The Morgan fingerprint density at radius 1 is 1.75 bits per heavy atom. The molecule has 1 saturated carbocycles. The molecule has 1 amide bonds. The van der Waals surface area contributed by atoms with Crippen molar-refractivity contribution in [2.45, 2.75) is 31.3 Å². The Bertz CT molecular complexity index is 168. The van der Waals surface area contributed by atoms with Crippen molar-refractivity contribution in [1.82, 2.24) is 4.90 Å². The van der Waals surface area contributed by atoms with Crippen LogP contribution in [-0.4, -0.2) is 41.7 Å². The second-order valence-corrected chi connectivity index (χ2v) is 3.32. The highest BCUT2D eigenvalue weighted by atomic mass is 16.3. The number of amides is 1. The average Bonchev–Trinajstić information content (AvgIpc) is 1.98. The van der Waals surface area contributed by atoms with Gasteiger partial charge in [0, 0.05) is 13.1 Å². The van der Waals surface area contributed by atoms with Gasteiger partial charge in [-0.3, -0.25) is 4.79 Å². The minimum Gasteiger partial charge on any atom is -0.394 e. The summed E-state index contributed by atoms with van der Waals surface area (Å²) >= 11 is 0. The quantitative estimate of drug-likeness (QED) is 0.592. The number of carbonyl (C=O) groups is 1. The fourth-order valence-electron chi connectivity index (χ4n) is 1.29. The van der Waals surface area contributed by atoms with E-state index in [9.17, 15) is 4.79 Å². The average molecular weight is 172 g/mol. The predicted molar refractivity (Wildman–Crippen MR) is 45.5 cm³/mol. The lowest BCUT2D eigenvalue weighted by atomic mass is 9.91. The molecule has 4 nitrogen and oxygen atoms in total. The summed E-state index contributed by atoms with van der Waals surface area (Å²) in [4.78, 5) is 13.0. The number of hydrogen-bond donors (Lipinski definition) is 2. The molecule has 0 aromatic rings. The first kappa shape index (κ1) is 9.48. The maximum absolute atomic E-state index is 11.3. The molecule has 0 spiro atoms. The summed E-state index contributed by atoms with van der Waals surface area (Å²) < 4.78 is 0. The van der Waals surface area contributed by atoms with Gasteiger partial charge in [0.25, 0.3) is 0 Å². The van der Waals surface area contributed by atoms with Gasteiger partial charge in [0.1, 0.15) is 6.04 Å². The second-order valence-electron chi connectivity index (χ2n) is 3.32. The van der Waals surface area contributed by atoms with Crippen molar-refractivity contribution < 1.29 is 9.90 Å². The first-order valence-electron chi connectivity index (χ1n) is 4.30. The minimum absolute atomic E-state index is 0.151. The Hall–Kier alpha value is -0.610. The van der Waals surface area contributed by atoms with Crippen LogP contribution < -0.4 is 5.73 Å². The highest BCUT2D eigenvalue weighted by molar-refractivity contribution is 5.81. The molecular formula is C8H16N2O2. The van der Waals surface area contributed by atoms with Crippen LogP contribution in [0.15, 0.2) is 0 Å². The van der Waals surface area contributed by atoms with Crippen LogP contribution in [0.25, 0.3) is 0 Å². The fraction of sp³-hybridized carbons (Fsp3) is 0.875. The van der Waals surface area contributed by atoms with Gasteiger partial charge in [-0.15, -0.1) is 0 Å². The number of aliphatic hydroxyl groups excluding tert-OH is 1. The van der Waals surface area contributed by atoms with Crippen molar-refractivity contribution in [3.8, 4) is 0 Å². The zero-order chi connectivity index (χ0) is 9.14. The van der Waals surface area contributed by atoms with E-state index in [4.69, 9.17) is 10.8 Å². The molecule has 1 aliphatic carbocycles. The number of likely N-dealkylation sites (N-methyl/N-ethyl adjacent to an activating group) is 1. The molecule has 3 N–H and O–H groups in total. The van der Waals surface area contributed by atoms with Crippen molar-refractivity contribution in [2.75, 3.05) is 13.7 Å². The SMILES string of the molecule is CN(C(=O)C(N)CO)C1CCC1. The molecule has 0 aromatic carbocycles. The van der Waals surface area contributed by atoms with Crippen LogP contribution in [0.4, 0.5) is 0 Å². The van der Waals surface area contributed by atoms with Crippen LogP contribution in [0.3, 0.4) is 0 Å². The molecule has 0 radical (unpaired) electrons. The molecule has 0 heterocycles. The van der Waals surface area contributed by atoms with Crippen molar-refractivity contribution in [3.05, 3.63) is 0 Å². The van der Waals surface area contributed by atoms with Crippen molar-refractivity contribution in [1.29, 1.82) is 0 Å². The van der Waals surface area contributed by atoms with Crippen LogP contribution in [0.5, 0.6) is 0 Å². The lowest BCUT2D eigenvalue weighted by Crippen LogP contribution is -2.50. The van der Waals surface area contributed by atoms with E-state index in [1.54, 1.807) is 11.9 Å². The topological polar surface area (TPSA) is 66.6 Å². The third-order valence-electron chi connectivity index (χ3n) is 2.48. The second kappa shape index (κ2) is 3.87. The predicted octanol–water partition coefficient (Wildman–Crippen LogP) is -0.683. The van der Waals surface area contributed by atoms with E-state index in [-0.39, 0.29) is 12.5 Å². The third kappa shape index (κ3) is 1.76. The molecule has 0 aliphatic heterocycles. The van der Waals surface area contributed by atoms with E-state index >= 15 is 0 Å². The zero-order valence-corrected chi connectivity index (χ0v) is 7.36. The van der Waals surface area contributed by atoms with Crippen LogP contribution in [0.1, 0.15) is 19.3 Å². The number of hydrogen-bond acceptors (Lipinski definition) is 3. The number of aliphatic hydroxyl groups is 1. The van der Waals surface area contributed by atoms with Gasteiger partial charge in [-0.05, 0) is 19.3 Å². The minimum atomic E-state index is -0.740. The molecule has 1 fully saturated rings. The van der Waals surface area contributed by atoms with E-state index in [2.05, 4.69) is 0 Å². The summed E-state index contributed by atoms with van der Waals surface area (Å²) in [5.41, 5.74) is 5.39. The maximum Gasteiger partial charge on any atom is 0.241 e. The standard InChI is InChI=1S/C8H16N2O2/c1-10(6-3-2-4-6)8(12)7(9)5-11/h6-7,11H,2-5,9H2,1H3. The van der Waals surface area contributed by atoms with Gasteiger partial charge >= 0.3 is 0 Å². The zero-order valence-electron chi connectivity index (χ0n) is 7.36. The molecule has 4 heteroatoms. The summed E-state index contributed by atoms with van der Waals surface area (Å²) in [7, 11) is 1.75. The summed E-state index contributed by atoms with van der Waals surface area (Å²) in [6, 6.07) is -0.384. The molecule has 1 aliphatic rings. The largest absolute Gasteiger partial charge is 0.394 e. The first-order chi connectivity index (χ1) is 5.66. The Kier molecular flexibility index (Phi) is 3.05. The van der Waals surface area contributed by atoms with Gasteiger partial charge in [0.05, 0.1) is 6.61 Å². The molecular weight excluding hydrogens is 156 g/mol. The van der Waals surface area contributed by atoms with E-state index in [0.29, 0.717) is 6.04 Å². The molecule has 0 saturated heterocycles. The summed E-state index contributed by atoms with van der Waals surface area (Å²) in [6.45, 7) is -0.268. The van der Waals surface area contributed by atoms with Crippen LogP contribution in [0, 0.1) is 0 Å². The fourth-order valence-corrected chi connectivity index (χ4v) is 1.29. The van der Waals surface area contributed by atoms with Crippen molar-refractivity contribution in [2.24, 2.45) is 5.73 Å². The Labute approximate surface area is 72.3 Å². The lowest BCUT2D eigenvalue weighted by molar-refractivity contribution is -0.135. The Morgan fingerprint density at radius 2 is 2.33 bits per heavy atom. The summed E-state index contributed by atoms with van der Waals surface area (Å²) in [6.07, 6.45) is 3.33. The Morgan fingerprint density at radius 3 is 2.67 bits per heavy atom. The van der Waals surface area contributed by atoms with Crippen molar-refractivity contribution >= 4 is 5.91 Å². The van der Waals surface area contributed by atoms with Gasteiger partial charge in [-0.1, -0.05) is 0 Å². The number of nitrogens with two attached hydrogens (primary N) is 1. The highest BCUT2D eigenvalue weighted by Crippen LogP contribution is 2.23.